The summed E-state index contributed by atoms with van der Waals surface area (Å²) < 4.78 is 0. The molecule has 0 N–H and O–H groups in total. The van der Waals surface area contributed by atoms with Gasteiger partial charge in [-0.25, -0.2) is 9.97 Å². The first-order valence-corrected chi connectivity index (χ1v) is 6.49. The molecule has 3 heteroatoms. The number of rotatable bonds is 3. The van der Waals surface area contributed by atoms with E-state index in [2.05, 4.69) is 48.9 Å². The van der Waals surface area contributed by atoms with E-state index in [4.69, 9.17) is 0 Å². The van der Waals surface area contributed by atoms with Crippen molar-refractivity contribution in [1.82, 2.24) is 9.97 Å². The van der Waals surface area contributed by atoms with E-state index < -0.39 is 0 Å². The van der Waals surface area contributed by atoms with E-state index in [1.807, 2.05) is 0 Å². The Morgan fingerprint density at radius 2 is 2.06 bits per heavy atom. The Bertz CT molecular complexity index is 494. The Morgan fingerprint density at radius 3 is 2.75 bits per heavy atom. The molecule has 0 saturated carbocycles. The van der Waals surface area contributed by atoms with Gasteiger partial charge in [-0.3, -0.25) is 0 Å². The van der Waals surface area contributed by atoms with Gasteiger partial charge in [0.2, 0.25) is 0 Å². The predicted molar refractivity (Wildman–Crippen MR) is 69.9 cm³/mol. The van der Waals surface area contributed by atoms with Crippen molar-refractivity contribution >= 4 is 22.7 Å². The molecule has 0 fully saturated rings. The second-order valence-electron chi connectivity index (χ2n) is 4.05. The Hall–Kier alpha value is -1.09. The van der Waals surface area contributed by atoms with E-state index in [0.29, 0.717) is 5.25 Å². The van der Waals surface area contributed by atoms with E-state index in [1.54, 1.807) is 18.1 Å². The van der Waals surface area contributed by atoms with Crippen LogP contribution >= 0.6 is 11.8 Å². The Labute approximate surface area is 101 Å². The maximum atomic E-state index is 4.37. The van der Waals surface area contributed by atoms with Crippen LogP contribution in [0.3, 0.4) is 0 Å². The fourth-order valence-corrected chi connectivity index (χ4v) is 2.46. The van der Waals surface area contributed by atoms with Gasteiger partial charge in [0.15, 0.2) is 0 Å². The van der Waals surface area contributed by atoms with Crippen molar-refractivity contribution in [3.63, 3.8) is 0 Å². The molecular weight excluding hydrogens is 216 g/mol. The lowest BCUT2D eigenvalue weighted by Crippen LogP contribution is -1.93. The maximum absolute atomic E-state index is 4.37. The SMILES string of the molecule is CCc1ccc2ncnc(SC(C)C)c2c1. The minimum Gasteiger partial charge on any atom is -0.236 e. The predicted octanol–water partition coefficient (Wildman–Crippen LogP) is 3.69. The van der Waals surface area contributed by atoms with Crippen LogP contribution in [0.5, 0.6) is 0 Å². The summed E-state index contributed by atoms with van der Waals surface area (Å²) in [5.74, 6) is 0. The fraction of sp³-hybridized carbons (Fsp3) is 0.385. The monoisotopic (exact) mass is 232 g/mol. The summed E-state index contributed by atoms with van der Waals surface area (Å²) in [5, 5.41) is 2.82. The standard InChI is InChI=1S/C13H16N2S/c1-4-10-5-6-12-11(7-10)13(15-8-14-12)16-9(2)3/h5-9H,4H2,1-3H3. The number of aromatic nitrogens is 2. The van der Waals surface area contributed by atoms with Gasteiger partial charge in [-0.15, -0.1) is 11.8 Å². The zero-order valence-electron chi connectivity index (χ0n) is 9.90. The van der Waals surface area contributed by atoms with Gasteiger partial charge in [0.05, 0.1) is 5.52 Å². The van der Waals surface area contributed by atoms with Crippen molar-refractivity contribution < 1.29 is 0 Å². The first-order valence-electron chi connectivity index (χ1n) is 5.61. The van der Waals surface area contributed by atoms with Crippen LogP contribution in [-0.2, 0) is 6.42 Å². The average Bonchev–Trinajstić information content (AvgIpc) is 2.28. The number of benzene rings is 1. The van der Waals surface area contributed by atoms with E-state index in [0.717, 1.165) is 17.0 Å². The molecule has 1 aromatic carbocycles. The molecule has 0 bridgehead atoms. The summed E-state index contributed by atoms with van der Waals surface area (Å²) in [6, 6.07) is 6.43. The highest BCUT2D eigenvalue weighted by Gasteiger charge is 2.06. The quantitative estimate of drug-likeness (QED) is 0.596. The molecule has 1 heterocycles. The molecule has 84 valence electrons. The summed E-state index contributed by atoms with van der Waals surface area (Å²) in [7, 11) is 0. The lowest BCUT2D eigenvalue weighted by atomic mass is 10.1. The molecular formula is C13H16N2S. The fourth-order valence-electron chi connectivity index (χ4n) is 1.62. The van der Waals surface area contributed by atoms with Crippen LogP contribution in [0.1, 0.15) is 26.3 Å². The third-order valence-electron chi connectivity index (χ3n) is 2.42. The molecule has 0 unspecified atom stereocenters. The lowest BCUT2D eigenvalue weighted by molar-refractivity contribution is 1.06. The molecule has 0 saturated heterocycles. The van der Waals surface area contributed by atoms with Crippen molar-refractivity contribution in [2.24, 2.45) is 0 Å². The van der Waals surface area contributed by atoms with Gasteiger partial charge < -0.3 is 0 Å². The molecule has 2 nitrogen and oxygen atoms in total. The van der Waals surface area contributed by atoms with Gasteiger partial charge in [-0.2, -0.15) is 0 Å². The number of hydrogen-bond donors (Lipinski definition) is 0. The average molecular weight is 232 g/mol. The second-order valence-corrected chi connectivity index (χ2v) is 5.62. The maximum Gasteiger partial charge on any atom is 0.117 e. The van der Waals surface area contributed by atoms with Crippen molar-refractivity contribution in [3.8, 4) is 0 Å². The van der Waals surface area contributed by atoms with Crippen LogP contribution in [0.15, 0.2) is 29.6 Å². The molecule has 0 radical (unpaired) electrons. The van der Waals surface area contributed by atoms with E-state index >= 15 is 0 Å². The van der Waals surface area contributed by atoms with Gasteiger partial charge in [0.25, 0.3) is 0 Å². The molecule has 2 rings (SSSR count). The third-order valence-corrected chi connectivity index (χ3v) is 3.44. The normalized spacial score (nSPS) is 11.2. The van der Waals surface area contributed by atoms with Crippen LogP contribution in [0.2, 0.25) is 0 Å². The highest BCUT2D eigenvalue weighted by molar-refractivity contribution is 8.00. The van der Waals surface area contributed by atoms with Gasteiger partial charge in [0.1, 0.15) is 11.4 Å². The number of aryl methyl sites for hydroxylation is 1. The Kier molecular flexibility index (Phi) is 3.44. The molecule has 0 aliphatic heterocycles. The zero-order chi connectivity index (χ0) is 11.5. The van der Waals surface area contributed by atoms with Gasteiger partial charge in [-0.05, 0) is 24.1 Å². The van der Waals surface area contributed by atoms with Gasteiger partial charge in [-0.1, -0.05) is 26.8 Å². The van der Waals surface area contributed by atoms with Crippen LogP contribution in [0.25, 0.3) is 10.9 Å². The molecule has 16 heavy (non-hydrogen) atoms. The third kappa shape index (κ3) is 2.35. The second kappa shape index (κ2) is 4.83. The Morgan fingerprint density at radius 1 is 1.25 bits per heavy atom. The zero-order valence-corrected chi connectivity index (χ0v) is 10.7. The summed E-state index contributed by atoms with van der Waals surface area (Å²) >= 11 is 1.80. The molecule has 0 atom stereocenters. The molecule has 0 aliphatic carbocycles. The molecule has 1 aromatic heterocycles. The molecule has 2 aromatic rings. The van der Waals surface area contributed by atoms with Crippen molar-refractivity contribution in [1.29, 1.82) is 0 Å². The van der Waals surface area contributed by atoms with Gasteiger partial charge in [0, 0.05) is 10.6 Å². The largest absolute Gasteiger partial charge is 0.236 e. The van der Waals surface area contributed by atoms with Crippen molar-refractivity contribution in [3.05, 3.63) is 30.1 Å². The number of thioether (sulfide) groups is 1. The molecule has 0 amide bonds. The summed E-state index contributed by atoms with van der Waals surface area (Å²) in [6.45, 7) is 6.53. The summed E-state index contributed by atoms with van der Waals surface area (Å²) in [6.07, 6.45) is 2.70. The smallest absolute Gasteiger partial charge is 0.117 e. The molecule has 0 aliphatic rings. The first-order chi connectivity index (χ1) is 7.70. The van der Waals surface area contributed by atoms with E-state index in [-0.39, 0.29) is 0 Å². The van der Waals surface area contributed by atoms with Crippen LogP contribution < -0.4 is 0 Å². The number of hydrogen-bond acceptors (Lipinski definition) is 3. The number of fused-ring (bicyclic) bond motifs is 1. The highest BCUT2D eigenvalue weighted by Crippen LogP contribution is 2.28. The first kappa shape index (κ1) is 11.4. The van der Waals surface area contributed by atoms with E-state index in [1.165, 1.54) is 10.9 Å². The molecule has 0 spiro atoms. The topological polar surface area (TPSA) is 25.8 Å². The lowest BCUT2D eigenvalue weighted by Gasteiger charge is -2.07. The van der Waals surface area contributed by atoms with Crippen molar-refractivity contribution in [2.75, 3.05) is 0 Å². The minimum atomic E-state index is 0.545. The van der Waals surface area contributed by atoms with Gasteiger partial charge >= 0.3 is 0 Å². The van der Waals surface area contributed by atoms with Crippen LogP contribution in [-0.4, -0.2) is 15.2 Å². The summed E-state index contributed by atoms with van der Waals surface area (Å²) in [4.78, 5) is 8.67. The highest BCUT2D eigenvalue weighted by atomic mass is 32.2. The van der Waals surface area contributed by atoms with Crippen LogP contribution in [0, 0.1) is 0 Å². The minimum absolute atomic E-state index is 0.545. The summed E-state index contributed by atoms with van der Waals surface area (Å²) in [5.41, 5.74) is 2.38. The van der Waals surface area contributed by atoms with Crippen molar-refractivity contribution in [2.45, 2.75) is 37.5 Å². The Balaban J connectivity index is 2.55. The number of nitrogens with zero attached hydrogens (tertiary/aromatic N) is 2. The van der Waals surface area contributed by atoms with E-state index in [9.17, 15) is 0 Å². The van der Waals surface area contributed by atoms with Crippen LogP contribution in [0.4, 0.5) is 0 Å².